The van der Waals surface area contributed by atoms with Crippen molar-refractivity contribution in [2.24, 2.45) is 0 Å². The third kappa shape index (κ3) is 4.00. The predicted molar refractivity (Wildman–Crippen MR) is 74.1 cm³/mol. The van der Waals surface area contributed by atoms with Crippen LogP contribution in [-0.4, -0.2) is 39.2 Å². The second kappa shape index (κ2) is 6.81. The second-order valence-electron chi connectivity index (χ2n) is 4.48. The van der Waals surface area contributed by atoms with Gasteiger partial charge < -0.3 is 15.1 Å². The molecule has 110 valence electrons. The van der Waals surface area contributed by atoms with Crippen molar-refractivity contribution in [3.05, 3.63) is 59.7 Å². The minimum Gasteiger partial charge on any atom is -0.506 e. The van der Waals surface area contributed by atoms with Crippen molar-refractivity contribution in [2.75, 3.05) is 13.2 Å². The quantitative estimate of drug-likeness (QED) is 0.876. The van der Waals surface area contributed by atoms with Gasteiger partial charge >= 0.3 is 0 Å². The molecule has 2 aromatic rings. The van der Waals surface area contributed by atoms with Crippen LogP contribution in [0.5, 0.6) is 5.75 Å². The zero-order valence-electron chi connectivity index (χ0n) is 11.2. The fourth-order valence-corrected chi connectivity index (χ4v) is 1.86. The number of hydrogen-bond acceptors (Lipinski definition) is 4. The molecule has 2 rings (SSSR count). The summed E-state index contributed by atoms with van der Waals surface area (Å²) in [5.41, 5.74) is 0.917. The molecule has 21 heavy (non-hydrogen) atoms. The van der Waals surface area contributed by atoms with E-state index in [1.54, 1.807) is 12.1 Å². The van der Waals surface area contributed by atoms with Crippen molar-refractivity contribution in [2.45, 2.75) is 6.54 Å². The summed E-state index contributed by atoms with van der Waals surface area (Å²) in [5, 5.41) is 18.3. The van der Waals surface area contributed by atoms with E-state index in [0.717, 1.165) is 5.56 Å². The first kappa shape index (κ1) is 14.9. The van der Waals surface area contributed by atoms with Crippen LogP contribution in [0.4, 0.5) is 4.39 Å². The van der Waals surface area contributed by atoms with E-state index in [0.29, 0.717) is 0 Å². The number of benzene rings is 1. The van der Waals surface area contributed by atoms with Gasteiger partial charge in [0, 0.05) is 13.1 Å². The number of amides is 1. The molecule has 0 spiro atoms. The van der Waals surface area contributed by atoms with Gasteiger partial charge in [-0.05, 0) is 29.8 Å². The van der Waals surface area contributed by atoms with Crippen LogP contribution < -0.4 is 0 Å². The van der Waals surface area contributed by atoms with E-state index in [1.165, 1.54) is 35.4 Å². The number of carbonyl (C=O) groups excluding carboxylic acids is 1. The highest BCUT2D eigenvalue weighted by Gasteiger charge is 2.17. The van der Waals surface area contributed by atoms with Gasteiger partial charge in [-0.2, -0.15) is 0 Å². The Morgan fingerprint density at radius 2 is 1.90 bits per heavy atom. The topological polar surface area (TPSA) is 73.7 Å². The number of hydrogen-bond donors (Lipinski definition) is 2. The molecule has 1 aromatic heterocycles. The number of halogens is 1. The Labute approximate surface area is 121 Å². The molecular formula is C15H15FN2O3. The van der Waals surface area contributed by atoms with Gasteiger partial charge in [-0.15, -0.1) is 0 Å². The van der Waals surface area contributed by atoms with Gasteiger partial charge in [0.2, 0.25) is 0 Å². The van der Waals surface area contributed by atoms with Crippen molar-refractivity contribution < 1.29 is 19.4 Å². The molecule has 0 fully saturated rings. The molecule has 0 bridgehead atoms. The summed E-state index contributed by atoms with van der Waals surface area (Å²) >= 11 is 0. The molecule has 0 saturated heterocycles. The Balaban J connectivity index is 2.15. The fraction of sp³-hybridized carbons (Fsp3) is 0.200. The average Bonchev–Trinajstić information content (AvgIpc) is 2.49. The third-order valence-corrected chi connectivity index (χ3v) is 2.91. The molecule has 0 aliphatic heterocycles. The lowest BCUT2D eigenvalue weighted by molar-refractivity contribution is 0.0702. The number of aliphatic hydroxyl groups excluding tert-OH is 1. The molecule has 1 heterocycles. The highest BCUT2D eigenvalue weighted by molar-refractivity contribution is 5.92. The molecule has 0 unspecified atom stereocenters. The number of pyridine rings is 1. The van der Waals surface area contributed by atoms with Gasteiger partial charge in [-0.3, -0.25) is 4.79 Å². The van der Waals surface area contributed by atoms with Crippen molar-refractivity contribution in [1.29, 1.82) is 0 Å². The van der Waals surface area contributed by atoms with Gasteiger partial charge in [0.05, 0.1) is 12.8 Å². The maximum atomic E-state index is 12.9. The average molecular weight is 290 g/mol. The molecule has 0 aliphatic carbocycles. The second-order valence-corrected chi connectivity index (χ2v) is 4.48. The lowest BCUT2D eigenvalue weighted by atomic mass is 10.2. The van der Waals surface area contributed by atoms with Crippen LogP contribution in [0.3, 0.4) is 0 Å². The van der Waals surface area contributed by atoms with Crippen LogP contribution in [0.1, 0.15) is 16.1 Å². The minimum atomic E-state index is -0.367. The van der Waals surface area contributed by atoms with E-state index < -0.39 is 0 Å². The van der Waals surface area contributed by atoms with E-state index in [-0.39, 0.29) is 42.9 Å². The summed E-state index contributed by atoms with van der Waals surface area (Å²) in [6.07, 6.45) is 1.18. The van der Waals surface area contributed by atoms with Crippen molar-refractivity contribution >= 4 is 5.91 Å². The first-order valence-electron chi connectivity index (χ1n) is 6.40. The standard InChI is InChI=1S/C15H15FN2O3/c16-12-3-1-11(2-4-12)10-18(7-8-19)15(21)14-6-5-13(20)9-17-14/h1-6,9,19-20H,7-8,10H2. The molecule has 0 atom stereocenters. The molecule has 6 heteroatoms. The van der Waals surface area contributed by atoms with E-state index in [9.17, 15) is 14.3 Å². The highest BCUT2D eigenvalue weighted by Crippen LogP contribution is 2.12. The predicted octanol–water partition coefficient (Wildman–Crippen LogP) is 1.56. The lowest BCUT2D eigenvalue weighted by Crippen LogP contribution is -2.33. The zero-order valence-corrected chi connectivity index (χ0v) is 11.2. The normalized spacial score (nSPS) is 10.4. The molecule has 0 radical (unpaired) electrons. The smallest absolute Gasteiger partial charge is 0.272 e. The van der Waals surface area contributed by atoms with Crippen molar-refractivity contribution in [1.82, 2.24) is 9.88 Å². The SMILES string of the molecule is O=C(c1ccc(O)cn1)N(CCO)Cc1ccc(F)cc1. The summed E-state index contributed by atoms with van der Waals surface area (Å²) in [6, 6.07) is 8.57. The van der Waals surface area contributed by atoms with Gasteiger partial charge in [0.1, 0.15) is 17.3 Å². The molecule has 1 amide bonds. The van der Waals surface area contributed by atoms with Crippen LogP contribution >= 0.6 is 0 Å². The minimum absolute atomic E-state index is 0.0289. The van der Waals surface area contributed by atoms with Crippen LogP contribution in [0, 0.1) is 5.82 Å². The lowest BCUT2D eigenvalue weighted by Gasteiger charge is -2.21. The first-order chi connectivity index (χ1) is 10.1. The van der Waals surface area contributed by atoms with Gasteiger partial charge in [-0.1, -0.05) is 12.1 Å². The van der Waals surface area contributed by atoms with Crippen molar-refractivity contribution in [3.8, 4) is 5.75 Å². The molecule has 5 nitrogen and oxygen atoms in total. The highest BCUT2D eigenvalue weighted by atomic mass is 19.1. The van der Waals surface area contributed by atoms with E-state index >= 15 is 0 Å². The summed E-state index contributed by atoms with van der Waals surface area (Å²) in [5.74, 6) is -0.744. The molecule has 0 saturated carbocycles. The molecular weight excluding hydrogens is 275 g/mol. The third-order valence-electron chi connectivity index (χ3n) is 2.91. The van der Waals surface area contributed by atoms with Crippen molar-refractivity contribution in [3.63, 3.8) is 0 Å². The van der Waals surface area contributed by atoms with E-state index in [1.807, 2.05) is 0 Å². The van der Waals surface area contributed by atoms with Crippen LogP contribution in [0.15, 0.2) is 42.6 Å². The fourth-order valence-electron chi connectivity index (χ4n) is 1.86. The van der Waals surface area contributed by atoms with Crippen LogP contribution in [-0.2, 0) is 6.54 Å². The van der Waals surface area contributed by atoms with Gasteiger partial charge in [0.15, 0.2) is 0 Å². The Kier molecular flexibility index (Phi) is 4.84. The van der Waals surface area contributed by atoms with Gasteiger partial charge in [-0.25, -0.2) is 9.37 Å². The van der Waals surface area contributed by atoms with Crippen LogP contribution in [0.2, 0.25) is 0 Å². The number of aromatic nitrogens is 1. The van der Waals surface area contributed by atoms with E-state index in [2.05, 4.69) is 4.98 Å². The maximum Gasteiger partial charge on any atom is 0.272 e. The number of nitrogens with zero attached hydrogens (tertiary/aromatic N) is 2. The number of aromatic hydroxyl groups is 1. The summed E-state index contributed by atoms with van der Waals surface area (Å²) in [4.78, 5) is 17.6. The Bertz CT molecular complexity index is 599. The summed E-state index contributed by atoms with van der Waals surface area (Å²) < 4.78 is 12.9. The number of carbonyl (C=O) groups is 1. The van der Waals surface area contributed by atoms with Crippen LogP contribution in [0.25, 0.3) is 0 Å². The summed E-state index contributed by atoms with van der Waals surface area (Å²) in [7, 11) is 0. The Morgan fingerprint density at radius 3 is 2.48 bits per heavy atom. The molecule has 1 aromatic carbocycles. The summed E-state index contributed by atoms with van der Waals surface area (Å²) in [6.45, 7) is 0.187. The molecule has 0 aliphatic rings. The number of aliphatic hydroxyl groups is 1. The first-order valence-corrected chi connectivity index (χ1v) is 6.40. The molecule has 2 N–H and O–H groups in total. The Hall–Kier alpha value is -2.47. The van der Waals surface area contributed by atoms with Gasteiger partial charge in [0.25, 0.3) is 5.91 Å². The van der Waals surface area contributed by atoms with E-state index in [4.69, 9.17) is 5.11 Å². The largest absolute Gasteiger partial charge is 0.506 e. The zero-order chi connectivity index (χ0) is 15.2. The number of rotatable bonds is 5. The monoisotopic (exact) mass is 290 g/mol. The maximum absolute atomic E-state index is 12.9. The Morgan fingerprint density at radius 1 is 1.19 bits per heavy atom.